The number of hydrogen-bond donors (Lipinski definition) is 0. The molecule has 0 atom stereocenters. The number of benzene rings is 1. The fourth-order valence-electron chi connectivity index (χ4n) is 2.30. The third-order valence-electron chi connectivity index (χ3n) is 3.58. The number of alkyl halides is 3. The summed E-state index contributed by atoms with van der Waals surface area (Å²) in [6.45, 7) is 1.99. The SMILES string of the molecule is CCC1CC(S(=O)(=O)c2cccc(OC(F)(F)F)c2)C1. The zero-order valence-corrected chi connectivity index (χ0v) is 11.7. The predicted octanol–water partition coefficient (Wildman–Crippen LogP) is 3.55. The Balaban J connectivity index is 2.18. The fraction of sp³-hybridized carbons (Fsp3) is 0.538. The van der Waals surface area contributed by atoms with Crippen LogP contribution in [0, 0.1) is 5.92 Å². The molecule has 0 spiro atoms. The van der Waals surface area contributed by atoms with Crippen molar-refractivity contribution in [1.29, 1.82) is 0 Å². The van der Waals surface area contributed by atoms with E-state index in [9.17, 15) is 21.6 Å². The first-order chi connectivity index (χ1) is 9.22. The maximum Gasteiger partial charge on any atom is 0.573 e. The van der Waals surface area contributed by atoms with E-state index in [0.29, 0.717) is 18.8 Å². The number of hydrogen-bond acceptors (Lipinski definition) is 3. The van der Waals surface area contributed by atoms with Crippen molar-refractivity contribution in [3.8, 4) is 5.75 Å². The molecule has 0 heterocycles. The fourth-order valence-corrected chi connectivity index (χ4v) is 4.29. The van der Waals surface area contributed by atoms with Gasteiger partial charge in [-0.25, -0.2) is 8.42 Å². The highest BCUT2D eigenvalue weighted by Crippen LogP contribution is 2.38. The van der Waals surface area contributed by atoms with Gasteiger partial charge in [0.05, 0.1) is 10.1 Å². The van der Waals surface area contributed by atoms with Crippen LogP contribution in [0.4, 0.5) is 13.2 Å². The molecule has 3 nitrogen and oxygen atoms in total. The lowest BCUT2D eigenvalue weighted by Gasteiger charge is -2.34. The van der Waals surface area contributed by atoms with Crippen LogP contribution in [0.1, 0.15) is 26.2 Å². The summed E-state index contributed by atoms with van der Waals surface area (Å²) in [4.78, 5) is -0.112. The molecule has 2 rings (SSSR count). The second-order valence-electron chi connectivity index (χ2n) is 4.94. The second-order valence-corrected chi connectivity index (χ2v) is 7.16. The summed E-state index contributed by atoms with van der Waals surface area (Å²) < 4.78 is 64.7. The molecule has 0 radical (unpaired) electrons. The van der Waals surface area contributed by atoms with Crippen molar-refractivity contribution in [2.24, 2.45) is 5.92 Å². The number of ether oxygens (including phenoxy) is 1. The van der Waals surface area contributed by atoms with Gasteiger partial charge in [0, 0.05) is 0 Å². The molecule has 0 unspecified atom stereocenters. The summed E-state index contributed by atoms with van der Waals surface area (Å²) in [5, 5.41) is -0.492. The molecule has 0 aromatic heterocycles. The van der Waals surface area contributed by atoms with E-state index in [2.05, 4.69) is 4.74 Å². The summed E-state index contributed by atoms with van der Waals surface area (Å²) in [5.74, 6) is -0.116. The topological polar surface area (TPSA) is 43.4 Å². The van der Waals surface area contributed by atoms with E-state index in [0.717, 1.165) is 18.6 Å². The molecule has 1 aliphatic carbocycles. The van der Waals surface area contributed by atoms with Crippen molar-refractivity contribution in [1.82, 2.24) is 0 Å². The minimum Gasteiger partial charge on any atom is -0.406 e. The first-order valence-electron chi connectivity index (χ1n) is 6.32. The lowest BCUT2D eigenvalue weighted by Crippen LogP contribution is -2.35. The van der Waals surface area contributed by atoms with Crippen LogP contribution in [0.3, 0.4) is 0 Å². The molecule has 20 heavy (non-hydrogen) atoms. The number of sulfone groups is 1. The molecule has 0 saturated heterocycles. The Hall–Kier alpha value is -1.24. The van der Waals surface area contributed by atoms with Gasteiger partial charge in [0.2, 0.25) is 0 Å². The molecule has 7 heteroatoms. The van der Waals surface area contributed by atoms with Gasteiger partial charge in [0.25, 0.3) is 0 Å². The van der Waals surface area contributed by atoms with Crippen molar-refractivity contribution in [3.05, 3.63) is 24.3 Å². The molecule has 1 aromatic rings. The average Bonchev–Trinajstić information content (AvgIpc) is 2.25. The van der Waals surface area contributed by atoms with Gasteiger partial charge in [0.1, 0.15) is 5.75 Å². The molecule has 0 N–H and O–H groups in total. The Bertz CT molecular complexity index is 575. The zero-order chi connectivity index (χ0) is 15.0. The molecule has 1 aromatic carbocycles. The quantitative estimate of drug-likeness (QED) is 0.854. The van der Waals surface area contributed by atoms with Gasteiger partial charge >= 0.3 is 6.36 Å². The van der Waals surface area contributed by atoms with Crippen molar-refractivity contribution in [2.45, 2.75) is 42.7 Å². The van der Waals surface area contributed by atoms with Crippen LogP contribution in [0.25, 0.3) is 0 Å². The predicted molar refractivity (Wildman–Crippen MR) is 67.1 cm³/mol. The molecule has 0 aliphatic heterocycles. The van der Waals surface area contributed by atoms with Crippen molar-refractivity contribution >= 4 is 9.84 Å². The maximum atomic E-state index is 12.3. The zero-order valence-electron chi connectivity index (χ0n) is 10.9. The van der Waals surface area contributed by atoms with E-state index >= 15 is 0 Å². The highest BCUT2D eigenvalue weighted by Gasteiger charge is 2.39. The molecule has 1 fully saturated rings. The highest BCUT2D eigenvalue weighted by atomic mass is 32.2. The van der Waals surface area contributed by atoms with E-state index in [1.807, 2.05) is 6.92 Å². The van der Waals surface area contributed by atoms with Crippen LogP contribution < -0.4 is 4.74 Å². The third-order valence-corrected chi connectivity index (χ3v) is 5.75. The Morgan fingerprint density at radius 3 is 2.50 bits per heavy atom. The molecule has 1 aliphatic rings. The van der Waals surface area contributed by atoms with Gasteiger partial charge in [-0.15, -0.1) is 13.2 Å². The van der Waals surface area contributed by atoms with Crippen LogP contribution in [-0.4, -0.2) is 20.0 Å². The summed E-state index contributed by atoms with van der Waals surface area (Å²) >= 11 is 0. The standard InChI is InChI=1S/C13H15F3O3S/c1-2-9-6-12(7-9)20(17,18)11-5-3-4-10(8-11)19-13(14,15)16/h3-5,8-9,12H,2,6-7H2,1H3. The molecule has 112 valence electrons. The highest BCUT2D eigenvalue weighted by molar-refractivity contribution is 7.92. The van der Waals surface area contributed by atoms with E-state index in [1.54, 1.807) is 0 Å². The van der Waals surface area contributed by atoms with E-state index in [4.69, 9.17) is 0 Å². The molecule has 0 bridgehead atoms. The summed E-state index contributed by atoms with van der Waals surface area (Å²) in [6, 6.07) is 4.58. The van der Waals surface area contributed by atoms with Crippen LogP contribution in [0.15, 0.2) is 29.2 Å². The van der Waals surface area contributed by atoms with Gasteiger partial charge in [-0.3, -0.25) is 0 Å². The van der Waals surface area contributed by atoms with E-state index < -0.39 is 27.2 Å². The van der Waals surface area contributed by atoms with Crippen LogP contribution >= 0.6 is 0 Å². The molecular formula is C13H15F3O3S. The Morgan fingerprint density at radius 1 is 1.30 bits per heavy atom. The second kappa shape index (κ2) is 5.27. The van der Waals surface area contributed by atoms with Gasteiger partial charge in [0.15, 0.2) is 9.84 Å². The van der Waals surface area contributed by atoms with Gasteiger partial charge < -0.3 is 4.74 Å². The molecule has 1 saturated carbocycles. The third kappa shape index (κ3) is 3.26. The van der Waals surface area contributed by atoms with Crippen LogP contribution in [0.2, 0.25) is 0 Å². The van der Waals surface area contributed by atoms with Gasteiger partial charge in [-0.05, 0) is 37.0 Å². The summed E-state index contributed by atoms with van der Waals surface area (Å²) in [5.41, 5.74) is 0. The van der Waals surface area contributed by atoms with Crippen molar-refractivity contribution < 1.29 is 26.3 Å². The lowest BCUT2D eigenvalue weighted by molar-refractivity contribution is -0.274. The minimum absolute atomic E-state index is 0.112. The van der Waals surface area contributed by atoms with Crippen LogP contribution in [-0.2, 0) is 9.84 Å². The van der Waals surface area contributed by atoms with Gasteiger partial charge in [-0.1, -0.05) is 19.4 Å². The molecular weight excluding hydrogens is 293 g/mol. The first-order valence-corrected chi connectivity index (χ1v) is 7.86. The van der Waals surface area contributed by atoms with E-state index in [-0.39, 0.29) is 4.90 Å². The monoisotopic (exact) mass is 308 g/mol. The smallest absolute Gasteiger partial charge is 0.406 e. The minimum atomic E-state index is -4.83. The Kier molecular flexibility index (Phi) is 4.00. The number of halogens is 3. The largest absolute Gasteiger partial charge is 0.573 e. The normalized spacial score (nSPS) is 23.2. The van der Waals surface area contributed by atoms with Crippen molar-refractivity contribution in [3.63, 3.8) is 0 Å². The summed E-state index contributed by atoms with van der Waals surface area (Å²) in [6.07, 6.45) is -2.76. The summed E-state index contributed by atoms with van der Waals surface area (Å²) in [7, 11) is -3.57. The van der Waals surface area contributed by atoms with Gasteiger partial charge in [-0.2, -0.15) is 0 Å². The van der Waals surface area contributed by atoms with E-state index in [1.165, 1.54) is 12.1 Å². The molecule has 0 amide bonds. The maximum absolute atomic E-state index is 12.3. The van der Waals surface area contributed by atoms with Crippen LogP contribution in [0.5, 0.6) is 5.75 Å². The average molecular weight is 308 g/mol. The Morgan fingerprint density at radius 2 is 1.95 bits per heavy atom. The number of rotatable bonds is 4. The van der Waals surface area contributed by atoms with Crippen molar-refractivity contribution in [2.75, 3.05) is 0 Å². The lowest BCUT2D eigenvalue weighted by atomic mass is 9.83. The Labute approximate surface area is 115 Å². The first kappa shape index (κ1) is 15.2.